The number of piperazine rings is 1. The number of aromatic amines is 1. The molecule has 138 valence electrons. The summed E-state index contributed by atoms with van der Waals surface area (Å²) >= 11 is 0. The fraction of sp³-hybridized carbons (Fsp3) is 0.444. The molecule has 8 heteroatoms. The van der Waals surface area contributed by atoms with Crippen molar-refractivity contribution in [2.75, 3.05) is 39.6 Å². The van der Waals surface area contributed by atoms with Crippen molar-refractivity contribution in [2.45, 2.75) is 13.5 Å². The highest BCUT2D eigenvalue weighted by atomic mass is 16.7. The normalized spacial score (nSPS) is 16.9. The third kappa shape index (κ3) is 3.20. The third-order valence-corrected chi connectivity index (χ3v) is 4.71. The van der Waals surface area contributed by atoms with Gasteiger partial charge in [-0.2, -0.15) is 0 Å². The number of nitrogens with zero attached hydrogens (tertiary/aromatic N) is 2. The second-order valence-electron chi connectivity index (χ2n) is 6.38. The van der Waals surface area contributed by atoms with E-state index in [2.05, 4.69) is 9.88 Å². The van der Waals surface area contributed by atoms with Gasteiger partial charge in [0.2, 0.25) is 6.79 Å². The minimum absolute atomic E-state index is 0.107. The van der Waals surface area contributed by atoms with Gasteiger partial charge in [0.15, 0.2) is 11.5 Å². The highest BCUT2D eigenvalue weighted by molar-refractivity contribution is 5.83. The molecule has 2 aliphatic rings. The van der Waals surface area contributed by atoms with Crippen LogP contribution in [0.4, 0.5) is 4.79 Å². The van der Waals surface area contributed by atoms with Crippen LogP contribution in [0.3, 0.4) is 0 Å². The van der Waals surface area contributed by atoms with E-state index in [1.54, 1.807) is 17.9 Å². The number of nitrogens with one attached hydrogen (secondary N) is 1. The summed E-state index contributed by atoms with van der Waals surface area (Å²) in [7, 11) is 0. The van der Waals surface area contributed by atoms with E-state index in [0.717, 1.165) is 10.9 Å². The summed E-state index contributed by atoms with van der Waals surface area (Å²) in [4.78, 5) is 31.0. The number of rotatable bonds is 3. The SMILES string of the molecule is CCOC(=O)N1CCN(Cc2cc3cc4c(cc3[nH]c2=O)OCO4)CC1. The van der Waals surface area contributed by atoms with Gasteiger partial charge in [-0.25, -0.2) is 4.79 Å². The van der Waals surface area contributed by atoms with E-state index in [-0.39, 0.29) is 18.4 Å². The molecule has 3 heterocycles. The van der Waals surface area contributed by atoms with Gasteiger partial charge in [-0.05, 0) is 19.1 Å². The van der Waals surface area contributed by atoms with Crippen molar-refractivity contribution < 1.29 is 19.0 Å². The van der Waals surface area contributed by atoms with Gasteiger partial charge in [0, 0.05) is 49.7 Å². The third-order valence-electron chi connectivity index (χ3n) is 4.71. The van der Waals surface area contributed by atoms with E-state index < -0.39 is 0 Å². The van der Waals surface area contributed by atoms with Crippen molar-refractivity contribution >= 4 is 17.0 Å². The molecule has 1 amide bonds. The molecule has 0 saturated carbocycles. The minimum atomic E-state index is -0.272. The number of carbonyl (C=O) groups is 1. The Balaban J connectivity index is 1.48. The first kappa shape index (κ1) is 16.7. The summed E-state index contributed by atoms with van der Waals surface area (Å²) in [5, 5.41) is 0.911. The Morgan fingerprint density at radius 1 is 1.15 bits per heavy atom. The van der Waals surface area contributed by atoms with Gasteiger partial charge >= 0.3 is 6.09 Å². The Morgan fingerprint density at radius 2 is 1.88 bits per heavy atom. The molecule has 26 heavy (non-hydrogen) atoms. The number of hydrogen-bond acceptors (Lipinski definition) is 6. The molecular weight excluding hydrogens is 338 g/mol. The van der Waals surface area contributed by atoms with Crippen LogP contribution in [0.25, 0.3) is 10.9 Å². The van der Waals surface area contributed by atoms with Crippen LogP contribution in [0, 0.1) is 0 Å². The lowest BCUT2D eigenvalue weighted by Gasteiger charge is -2.33. The summed E-state index contributed by atoms with van der Waals surface area (Å²) in [6.45, 7) is 5.53. The molecule has 0 bridgehead atoms. The number of pyridine rings is 1. The van der Waals surface area contributed by atoms with Gasteiger partial charge in [-0.1, -0.05) is 0 Å². The summed E-state index contributed by atoms with van der Waals surface area (Å²) in [5.41, 5.74) is 1.32. The number of carbonyl (C=O) groups excluding carboxylic acids is 1. The molecule has 1 N–H and O–H groups in total. The standard InChI is InChI=1S/C18H21N3O5/c1-2-24-18(23)21-5-3-20(4-6-21)10-13-7-12-8-15-16(26-11-25-15)9-14(12)19-17(13)22/h7-9H,2-6,10-11H2,1H3,(H,19,22). The highest BCUT2D eigenvalue weighted by Gasteiger charge is 2.23. The maximum atomic E-state index is 12.4. The van der Waals surface area contributed by atoms with Crippen LogP contribution < -0.4 is 15.0 Å². The smallest absolute Gasteiger partial charge is 0.409 e. The van der Waals surface area contributed by atoms with Crippen molar-refractivity contribution in [1.82, 2.24) is 14.8 Å². The number of H-pyrrole nitrogens is 1. The molecule has 4 rings (SSSR count). The van der Waals surface area contributed by atoms with Crippen LogP contribution in [0.1, 0.15) is 12.5 Å². The molecule has 0 spiro atoms. The maximum absolute atomic E-state index is 12.4. The number of benzene rings is 1. The van der Waals surface area contributed by atoms with Crippen LogP contribution in [0.2, 0.25) is 0 Å². The Labute approximate surface area is 150 Å². The van der Waals surface area contributed by atoms with Crippen molar-refractivity contribution in [2.24, 2.45) is 0 Å². The summed E-state index contributed by atoms with van der Waals surface area (Å²) in [6, 6.07) is 5.57. The number of aromatic nitrogens is 1. The van der Waals surface area contributed by atoms with Crippen molar-refractivity contribution in [3.8, 4) is 11.5 Å². The zero-order chi connectivity index (χ0) is 18.1. The number of hydrogen-bond donors (Lipinski definition) is 1. The summed E-state index contributed by atoms with van der Waals surface area (Å²) in [5.74, 6) is 1.34. The first-order valence-electron chi connectivity index (χ1n) is 8.73. The largest absolute Gasteiger partial charge is 0.454 e. The van der Waals surface area contributed by atoms with Crippen molar-refractivity contribution in [3.05, 3.63) is 34.1 Å². The number of fused-ring (bicyclic) bond motifs is 2. The van der Waals surface area contributed by atoms with Crippen LogP contribution in [-0.2, 0) is 11.3 Å². The Kier molecular flexibility index (Phi) is 4.42. The highest BCUT2D eigenvalue weighted by Crippen LogP contribution is 2.35. The zero-order valence-corrected chi connectivity index (χ0v) is 14.6. The molecule has 2 aromatic rings. The average Bonchev–Trinajstić information content (AvgIpc) is 3.08. The molecule has 2 aliphatic heterocycles. The van der Waals surface area contributed by atoms with Gasteiger partial charge in [-0.15, -0.1) is 0 Å². The summed E-state index contributed by atoms with van der Waals surface area (Å²) < 4.78 is 15.8. The lowest BCUT2D eigenvalue weighted by molar-refractivity contribution is 0.0777. The predicted molar refractivity (Wildman–Crippen MR) is 94.6 cm³/mol. The van der Waals surface area contributed by atoms with Gasteiger partial charge in [0.25, 0.3) is 5.56 Å². The molecule has 1 aromatic carbocycles. The Hall–Kier alpha value is -2.74. The van der Waals surface area contributed by atoms with E-state index in [1.807, 2.05) is 12.1 Å². The van der Waals surface area contributed by atoms with Crippen molar-refractivity contribution in [3.63, 3.8) is 0 Å². The van der Waals surface area contributed by atoms with Crippen LogP contribution in [0.5, 0.6) is 11.5 Å². The topological polar surface area (TPSA) is 84.1 Å². The molecule has 0 radical (unpaired) electrons. The Morgan fingerprint density at radius 3 is 2.62 bits per heavy atom. The molecule has 8 nitrogen and oxygen atoms in total. The lowest BCUT2D eigenvalue weighted by Crippen LogP contribution is -2.48. The van der Waals surface area contributed by atoms with E-state index in [1.165, 1.54) is 0 Å². The zero-order valence-electron chi connectivity index (χ0n) is 14.6. The van der Waals surface area contributed by atoms with E-state index in [9.17, 15) is 9.59 Å². The van der Waals surface area contributed by atoms with Gasteiger partial charge in [0.05, 0.1) is 12.1 Å². The molecule has 0 aliphatic carbocycles. The fourth-order valence-electron chi connectivity index (χ4n) is 3.30. The van der Waals surface area contributed by atoms with Gasteiger partial charge < -0.3 is 24.1 Å². The summed E-state index contributed by atoms with van der Waals surface area (Å²) in [6.07, 6.45) is -0.272. The first-order chi connectivity index (χ1) is 12.6. The fourth-order valence-corrected chi connectivity index (χ4v) is 3.30. The van der Waals surface area contributed by atoms with E-state index >= 15 is 0 Å². The van der Waals surface area contributed by atoms with Crippen LogP contribution in [0.15, 0.2) is 23.0 Å². The molecule has 0 atom stereocenters. The number of amides is 1. The predicted octanol–water partition coefficient (Wildman–Crippen LogP) is 1.53. The molecule has 1 aromatic heterocycles. The second-order valence-corrected chi connectivity index (χ2v) is 6.38. The maximum Gasteiger partial charge on any atom is 0.409 e. The molecular formula is C18H21N3O5. The van der Waals surface area contributed by atoms with Gasteiger partial charge in [0.1, 0.15) is 0 Å². The number of ether oxygens (including phenoxy) is 3. The van der Waals surface area contributed by atoms with Crippen LogP contribution in [-0.4, -0.2) is 60.5 Å². The minimum Gasteiger partial charge on any atom is -0.454 e. The average molecular weight is 359 g/mol. The molecule has 1 saturated heterocycles. The van der Waals surface area contributed by atoms with E-state index in [0.29, 0.717) is 56.4 Å². The first-order valence-corrected chi connectivity index (χ1v) is 8.73. The van der Waals surface area contributed by atoms with Gasteiger partial charge in [-0.3, -0.25) is 9.69 Å². The van der Waals surface area contributed by atoms with Crippen LogP contribution >= 0.6 is 0 Å². The molecule has 0 unspecified atom stereocenters. The monoisotopic (exact) mass is 359 g/mol. The second kappa shape index (κ2) is 6.87. The van der Waals surface area contributed by atoms with E-state index in [4.69, 9.17) is 14.2 Å². The quantitative estimate of drug-likeness (QED) is 0.895. The lowest BCUT2D eigenvalue weighted by atomic mass is 10.1. The molecule has 1 fully saturated rings. The van der Waals surface area contributed by atoms with Crippen molar-refractivity contribution in [1.29, 1.82) is 0 Å². The Bertz CT molecular complexity index is 886.